The first kappa shape index (κ1) is 21.0. The number of anilines is 2. The Morgan fingerprint density at radius 3 is 2.50 bits per heavy atom. The molecule has 0 radical (unpaired) electrons. The van der Waals surface area contributed by atoms with Crippen LogP contribution in [0.4, 0.5) is 11.4 Å². The van der Waals surface area contributed by atoms with Crippen LogP contribution in [0.5, 0.6) is 5.75 Å². The first-order valence-electron chi connectivity index (χ1n) is 11.1. The van der Waals surface area contributed by atoms with E-state index >= 15 is 0 Å². The fraction of sp³-hybridized carbons (Fsp3) is 0.478. The van der Waals surface area contributed by atoms with E-state index in [-0.39, 0.29) is 23.5 Å². The molecule has 2 N–H and O–H groups in total. The minimum atomic E-state index is -0.873. The Balaban J connectivity index is 1.38. The third kappa shape index (κ3) is 3.99. The summed E-state index contributed by atoms with van der Waals surface area (Å²) in [4.78, 5) is 28.0. The van der Waals surface area contributed by atoms with Crippen molar-refractivity contribution in [2.24, 2.45) is 11.8 Å². The van der Waals surface area contributed by atoms with Gasteiger partial charge in [0.1, 0.15) is 5.75 Å². The van der Waals surface area contributed by atoms with Crippen molar-refractivity contribution in [1.82, 2.24) is 20.8 Å². The van der Waals surface area contributed by atoms with Crippen LogP contribution in [-0.2, 0) is 14.3 Å². The third-order valence-electron chi connectivity index (χ3n) is 6.45. The zero-order valence-corrected chi connectivity index (χ0v) is 17.8. The SMILES string of the molecule is O=C(C1CNC1)N(c1ccc(O[C@]2(C(=O)C3CCOC3)CCNC2)cc1)c1ccnnc1. The van der Waals surface area contributed by atoms with Gasteiger partial charge in [0.15, 0.2) is 11.4 Å². The molecule has 2 aromatic rings. The molecule has 168 valence electrons. The molecule has 32 heavy (non-hydrogen) atoms. The van der Waals surface area contributed by atoms with Crippen LogP contribution in [0.15, 0.2) is 42.7 Å². The lowest BCUT2D eigenvalue weighted by Crippen LogP contribution is -2.51. The molecule has 0 aliphatic carbocycles. The number of carbonyl (C=O) groups is 2. The first-order chi connectivity index (χ1) is 15.7. The average Bonchev–Trinajstić information content (AvgIpc) is 3.47. The molecule has 0 saturated carbocycles. The molecule has 9 heteroatoms. The molecule has 1 aromatic heterocycles. The van der Waals surface area contributed by atoms with Gasteiger partial charge in [0.25, 0.3) is 0 Å². The zero-order valence-electron chi connectivity index (χ0n) is 17.8. The first-order valence-corrected chi connectivity index (χ1v) is 11.1. The second kappa shape index (κ2) is 8.93. The number of carbonyl (C=O) groups excluding carboxylic acids is 2. The van der Waals surface area contributed by atoms with Crippen LogP contribution < -0.4 is 20.3 Å². The molecular formula is C23H27N5O4. The number of nitrogens with one attached hydrogen (secondary N) is 2. The molecule has 2 atom stereocenters. The molecule has 5 rings (SSSR count). The van der Waals surface area contributed by atoms with Crippen LogP contribution in [0.1, 0.15) is 12.8 Å². The molecule has 0 spiro atoms. The van der Waals surface area contributed by atoms with Gasteiger partial charge < -0.3 is 20.1 Å². The topological polar surface area (TPSA) is 106 Å². The Kier molecular flexibility index (Phi) is 5.86. The monoisotopic (exact) mass is 437 g/mol. The number of aromatic nitrogens is 2. The average molecular weight is 438 g/mol. The van der Waals surface area contributed by atoms with Gasteiger partial charge in [0.05, 0.1) is 30.6 Å². The number of rotatable bonds is 7. The van der Waals surface area contributed by atoms with Crippen molar-refractivity contribution in [2.45, 2.75) is 18.4 Å². The minimum absolute atomic E-state index is 0.0123. The van der Waals surface area contributed by atoms with Crippen molar-refractivity contribution in [1.29, 1.82) is 0 Å². The molecular weight excluding hydrogens is 410 g/mol. The van der Waals surface area contributed by atoms with Gasteiger partial charge in [-0.05, 0) is 43.3 Å². The highest BCUT2D eigenvalue weighted by Gasteiger charge is 2.47. The van der Waals surface area contributed by atoms with E-state index in [2.05, 4.69) is 20.8 Å². The van der Waals surface area contributed by atoms with Crippen molar-refractivity contribution < 1.29 is 19.1 Å². The largest absolute Gasteiger partial charge is 0.478 e. The van der Waals surface area contributed by atoms with Gasteiger partial charge in [0, 0.05) is 44.3 Å². The fourth-order valence-corrected chi connectivity index (χ4v) is 4.48. The summed E-state index contributed by atoms with van der Waals surface area (Å²) in [6, 6.07) is 9.10. The van der Waals surface area contributed by atoms with Crippen molar-refractivity contribution in [3.63, 3.8) is 0 Å². The fourth-order valence-electron chi connectivity index (χ4n) is 4.48. The highest BCUT2D eigenvalue weighted by atomic mass is 16.5. The van der Waals surface area contributed by atoms with Crippen LogP contribution in [0.2, 0.25) is 0 Å². The summed E-state index contributed by atoms with van der Waals surface area (Å²) in [6.07, 6.45) is 4.53. The third-order valence-corrected chi connectivity index (χ3v) is 6.45. The number of hydrogen-bond donors (Lipinski definition) is 2. The summed E-state index contributed by atoms with van der Waals surface area (Å²) in [5.41, 5.74) is 0.511. The molecule has 4 heterocycles. The minimum Gasteiger partial charge on any atom is -0.478 e. The predicted molar refractivity (Wildman–Crippen MR) is 117 cm³/mol. The Morgan fingerprint density at radius 1 is 1.06 bits per heavy atom. The van der Waals surface area contributed by atoms with Gasteiger partial charge in [-0.25, -0.2) is 0 Å². The lowest BCUT2D eigenvalue weighted by Gasteiger charge is -2.33. The lowest BCUT2D eigenvalue weighted by molar-refractivity contribution is -0.137. The number of nitrogens with zero attached hydrogens (tertiary/aromatic N) is 3. The van der Waals surface area contributed by atoms with E-state index in [1.165, 1.54) is 0 Å². The van der Waals surface area contributed by atoms with E-state index in [0.29, 0.717) is 50.7 Å². The summed E-state index contributed by atoms with van der Waals surface area (Å²) in [7, 11) is 0. The number of Topliss-reactive ketones (excluding diaryl/α,β-unsaturated/α-hetero) is 1. The van der Waals surface area contributed by atoms with Gasteiger partial charge in [0.2, 0.25) is 5.91 Å². The molecule has 1 unspecified atom stereocenters. The van der Waals surface area contributed by atoms with Crippen molar-refractivity contribution >= 4 is 23.1 Å². The zero-order chi connectivity index (χ0) is 22.0. The Bertz CT molecular complexity index is 952. The molecule has 9 nitrogen and oxygen atoms in total. The quantitative estimate of drug-likeness (QED) is 0.663. The van der Waals surface area contributed by atoms with Crippen LogP contribution in [0, 0.1) is 11.8 Å². The second-order valence-corrected chi connectivity index (χ2v) is 8.57. The summed E-state index contributed by atoms with van der Waals surface area (Å²) < 4.78 is 11.7. The van der Waals surface area contributed by atoms with Crippen LogP contribution in [-0.4, -0.2) is 66.9 Å². The van der Waals surface area contributed by atoms with Crippen LogP contribution in [0.25, 0.3) is 0 Å². The maximum absolute atomic E-state index is 13.2. The molecule has 1 aromatic carbocycles. The predicted octanol–water partition coefficient (Wildman–Crippen LogP) is 1.08. The highest BCUT2D eigenvalue weighted by Crippen LogP contribution is 2.33. The van der Waals surface area contributed by atoms with Gasteiger partial charge in [-0.2, -0.15) is 10.2 Å². The van der Waals surface area contributed by atoms with E-state index in [0.717, 1.165) is 18.7 Å². The normalized spacial score (nSPS) is 25.3. The molecule has 3 aliphatic rings. The molecule has 3 saturated heterocycles. The number of amides is 1. The molecule has 0 bridgehead atoms. The highest BCUT2D eigenvalue weighted by molar-refractivity contribution is 6.02. The maximum Gasteiger partial charge on any atom is 0.237 e. The smallest absolute Gasteiger partial charge is 0.237 e. The van der Waals surface area contributed by atoms with Crippen molar-refractivity contribution in [3.8, 4) is 5.75 Å². The lowest BCUT2D eigenvalue weighted by atomic mass is 9.87. The number of ketones is 1. The van der Waals surface area contributed by atoms with E-state index in [1.54, 1.807) is 23.4 Å². The number of hydrogen-bond acceptors (Lipinski definition) is 8. The van der Waals surface area contributed by atoms with Crippen molar-refractivity contribution in [2.75, 3.05) is 44.3 Å². The van der Waals surface area contributed by atoms with E-state index < -0.39 is 5.60 Å². The second-order valence-electron chi connectivity index (χ2n) is 8.57. The molecule has 1 amide bonds. The number of ether oxygens (including phenoxy) is 2. The van der Waals surface area contributed by atoms with Crippen molar-refractivity contribution in [3.05, 3.63) is 42.7 Å². The van der Waals surface area contributed by atoms with Gasteiger partial charge >= 0.3 is 0 Å². The van der Waals surface area contributed by atoms with Gasteiger partial charge in [-0.15, -0.1) is 0 Å². The van der Waals surface area contributed by atoms with Gasteiger partial charge in [-0.3, -0.25) is 14.5 Å². The summed E-state index contributed by atoms with van der Waals surface area (Å²) >= 11 is 0. The molecule has 3 fully saturated rings. The van der Waals surface area contributed by atoms with Gasteiger partial charge in [-0.1, -0.05) is 0 Å². The summed E-state index contributed by atoms with van der Waals surface area (Å²) in [5, 5.41) is 14.2. The van der Waals surface area contributed by atoms with E-state index in [1.807, 2.05) is 24.3 Å². The Labute approximate surface area is 186 Å². The standard InChI is InChI=1S/C23H27N5O4/c29-21(16-6-10-31-14-16)23(7-9-24-15-23)32-20-3-1-18(2-4-20)28(19-5-8-26-27-13-19)22(30)17-11-25-12-17/h1-5,8,13,16-17,24-25H,6-7,9-12,14-15H2/t16?,23-/m1/s1. The number of benzene rings is 1. The Morgan fingerprint density at radius 2 is 1.91 bits per heavy atom. The van der Waals surface area contributed by atoms with Crippen LogP contribution in [0.3, 0.4) is 0 Å². The van der Waals surface area contributed by atoms with E-state index in [9.17, 15) is 9.59 Å². The van der Waals surface area contributed by atoms with Crippen LogP contribution >= 0.6 is 0 Å². The molecule has 3 aliphatic heterocycles. The maximum atomic E-state index is 13.2. The Hall–Kier alpha value is -2.88. The summed E-state index contributed by atoms with van der Waals surface area (Å²) in [5.74, 6) is 0.547. The van der Waals surface area contributed by atoms with E-state index in [4.69, 9.17) is 9.47 Å². The summed E-state index contributed by atoms with van der Waals surface area (Å²) in [6.45, 7) is 3.65.